The van der Waals surface area contributed by atoms with Crippen molar-refractivity contribution in [2.24, 2.45) is 5.92 Å². The Bertz CT molecular complexity index is 382. The summed E-state index contributed by atoms with van der Waals surface area (Å²) in [6, 6.07) is 5.58. The van der Waals surface area contributed by atoms with Gasteiger partial charge in [-0.2, -0.15) is 0 Å². The van der Waals surface area contributed by atoms with E-state index in [1.165, 1.54) is 0 Å². The Morgan fingerprint density at radius 2 is 1.94 bits per heavy atom. The van der Waals surface area contributed by atoms with Crippen molar-refractivity contribution in [2.45, 2.75) is 32.9 Å². The maximum absolute atomic E-state index is 6.28. The molecule has 18 heavy (non-hydrogen) atoms. The zero-order chi connectivity index (χ0) is 13.7. The zero-order valence-electron chi connectivity index (χ0n) is 11.3. The third-order valence-corrected chi connectivity index (χ3v) is 3.55. The first-order valence-electron chi connectivity index (χ1n) is 6.22. The lowest BCUT2D eigenvalue weighted by Gasteiger charge is -2.30. The largest absolute Gasteiger partial charge is 0.379 e. The van der Waals surface area contributed by atoms with Crippen LogP contribution in [0, 0.1) is 5.92 Å². The second-order valence-electron chi connectivity index (χ2n) is 4.65. The number of benzene rings is 1. The van der Waals surface area contributed by atoms with Crippen molar-refractivity contribution < 1.29 is 4.74 Å². The first-order chi connectivity index (χ1) is 8.51. The van der Waals surface area contributed by atoms with Crippen LogP contribution in [0.2, 0.25) is 10.0 Å². The molecule has 4 heteroatoms. The Morgan fingerprint density at radius 3 is 2.44 bits per heavy atom. The molecule has 102 valence electrons. The quantitative estimate of drug-likeness (QED) is 0.842. The highest BCUT2D eigenvalue weighted by Crippen LogP contribution is 2.31. The normalized spacial score (nSPS) is 14.8. The molecule has 2 atom stereocenters. The molecular weight excluding hydrogens is 269 g/mol. The number of hydrogen-bond acceptors (Lipinski definition) is 2. The molecule has 1 aromatic rings. The average molecular weight is 290 g/mol. The predicted molar refractivity (Wildman–Crippen MR) is 78.5 cm³/mol. The van der Waals surface area contributed by atoms with E-state index in [4.69, 9.17) is 27.9 Å². The maximum Gasteiger partial charge on any atom is 0.0789 e. The van der Waals surface area contributed by atoms with Gasteiger partial charge in [-0.25, -0.2) is 0 Å². The lowest BCUT2D eigenvalue weighted by atomic mass is 9.93. The summed E-state index contributed by atoms with van der Waals surface area (Å²) < 4.78 is 5.61. The van der Waals surface area contributed by atoms with Crippen LogP contribution in [0.5, 0.6) is 0 Å². The third kappa shape index (κ3) is 3.86. The Balaban J connectivity index is 3.13. The van der Waals surface area contributed by atoms with Gasteiger partial charge in [-0.1, -0.05) is 44.0 Å². The molecule has 1 aromatic carbocycles. The molecule has 1 N–H and O–H groups in total. The zero-order valence-corrected chi connectivity index (χ0v) is 12.8. The number of rotatable bonds is 6. The van der Waals surface area contributed by atoms with E-state index in [-0.39, 0.29) is 12.1 Å². The van der Waals surface area contributed by atoms with Crippen molar-refractivity contribution in [3.63, 3.8) is 0 Å². The van der Waals surface area contributed by atoms with E-state index in [9.17, 15) is 0 Å². The Hall–Kier alpha value is -0.280. The van der Waals surface area contributed by atoms with E-state index in [0.29, 0.717) is 16.0 Å². The second kappa shape index (κ2) is 7.34. The fourth-order valence-electron chi connectivity index (χ4n) is 2.17. The first kappa shape index (κ1) is 15.8. The molecule has 0 aliphatic rings. The number of methoxy groups -OCH3 is 1. The van der Waals surface area contributed by atoms with Crippen molar-refractivity contribution in [3.05, 3.63) is 33.8 Å². The number of ether oxygens (including phenoxy) is 1. The van der Waals surface area contributed by atoms with Gasteiger partial charge in [0, 0.05) is 17.2 Å². The number of halogens is 2. The molecule has 0 aromatic heterocycles. The van der Waals surface area contributed by atoms with E-state index in [1.54, 1.807) is 13.2 Å². The minimum atomic E-state index is 0.0474. The fraction of sp³-hybridized carbons (Fsp3) is 0.571. The Labute approximate surface area is 120 Å². The van der Waals surface area contributed by atoms with Gasteiger partial charge in [0.2, 0.25) is 0 Å². The van der Waals surface area contributed by atoms with Crippen LogP contribution >= 0.6 is 23.2 Å². The second-order valence-corrected chi connectivity index (χ2v) is 5.49. The molecule has 0 aliphatic carbocycles. The smallest absolute Gasteiger partial charge is 0.0789 e. The minimum absolute atomic E-state index is 0.0474. The van der Waals surface area contributed by atoms with E-state index >= 15 is 0 Å². The van der Waals surface area contributed by atoms with Gasteiger partial charge in [-0.3, -0.25) is 0 Å². The van der Waals surface area contributed by atoms with Crippen LogP contribution < -0.4 is 5.32 Å². The summed E-state index contributed by atoms with van der Waals surface area (Å²) in [6.45, 7) is 7.19. The standard InChI is InChI=1S/C14H21Cl2NO/c1-5-17-13(14(18-4)9(2)3)11-8-10(15)6-7-12(11)16/h6-9,13-14,17H,5H2,1-4H3. The molecular formula is C14H21Cl2NO. The molecule has 2 nitrogen and oxygen atoms in total. The molecule has 1 rings (SSSR count). The van der Waals surface area contributed by atoms with Crippen molar-refractivity contribution >= 4 is 23.2 Å². The molecule has 0 radical (unpaired) electrons. The highest BCUT2D eigenvalue weighted by molar-refractivity contribution is 6.33. The van der Waals surface area contributed by atoms with Gasteiger partial charge < -0.3 is 10.1 Å². The van der Waals surface area contributed by atoms with Crippen molar-refractivity contribution in [2.75, 3.05) is 13.7 Å². The van der Waals surface area contributed by atoms with Crippen molar-refractivity contribution in [1.29, 1.82) is 0 Å². The summed E-state index contributed by atoms with van der Waals surface area (Å²) in [5.74, 6) is 0.383. The summed E-state index contributed by atoms with van der Waals surface area (Å²) in [5, 5.41) is 4.84. The van der Waals surface area contributed by atoms with E-state index < -0.39 is 0 Å². The summed E-state index contributed by atoms with van der Waals surface area (Å²) in [7, 11) is 1.73. The Morgan fingerprint density at radius 1 is 1.28 bits per heavy atom. The van der Waals surface area contributed by atoms with Gasteiger partial charge in [0.05, 0.1) is 12.1 Å². The van der Waals surface area contributed by atoms with Gasteiger partial charge in [0.25, 0.3) is 0 Å². The van der Waals surface area contributed by atoms with Crippen LogP contribution in [0.1, 0.15) is 32.4 Å². The van der Waals surface area contributed by atoms with Crippen LogP contribution in [0.3, 0.4) is 0 Å². The van der Waals surface area contributed by atoms with Crippen LogP contribution in [0.15, 0.2) is 18.2 Å². The number of nitrogens with one attached hydrogen (secondary N) is 1. The molecule has 0 saturated heterocycles. The fourth-order valence-corrected chi connectivity index (χ4v) is 2.58. The molecule has 0 fully saturated rings. The van der Waals surface area contributed by atoms with Crippen LogP contribution in [0.4, 0.5) is 0 Å². The summed E-state index contributed by atoms with van der Waals surface area (Å²) >= 11 is 12.3. The summed E-state index contributed by atoms with van der Waals surface area (Å²) in [6.07, 6.45) is 0.0564. The van der Waals surface area contributed by atoms with Gasteiger partial charge in [-0.05, 0) is 36.2 Å². The number of likely N-dealkylation sites (N-methyl/N-ethyl adjacent to an activating group) is 1. The first-order valence-corrected chi connectivity index (χ1v) is 6.98. The summed E-state index contributed by atoms with van der Waals surface area (Å²) in [4.78, 5) is 0. The molecule has 2 unspecified atom stereocenters. The monoisotopic (exact) mass is 289 g/mol. The van der Waals surface area contributed by atoms with Gasteiger partial charge in [0.1, 0.15) is 0 Å². The van der Waals surface area contributed by atoms with Gasteiger partial charge in [0.15, 0.2) is 0 Å². The molecule has 0 bridgehead atoms. The van der Waals surface area contributed by atoms with Crippen molar-refractivity contribution in [3.8, 4) is 0 Å². The maximum atomic E-state index is 6.28. The molecule has 0 aliphatic heterocycles. The summed E-state index contributed by atoms with van der Waals surface area (Å²) in [5.41, 5.74) is 0.992. The van der Waals surface area contributed by atoms with Crippen molar-refractivity contribution in [1.82, 2.24) is 5.32 Å². The lowest BCUT2D eigenvalue weighted by molar-refractivity contribution is 0.0331. The van der Waals surface area contributed by atoms with Crippen LogP contribution in [0.25, 0.3) is 0 Å². The van der Waals surface area contributed by atoms with E-state index in [0.717, 1.165) is 12.1 Å². The molecule has 0 amide bonds. The topological polar surface area (TPSA) is 21.3 Å². The molecule has 0 saturated carbocycles. The van der Waals surface area contributed by atoms with Crippen LogP contribution in [-0.2, 0) is 4.74 Å². The molecule has 0 spiro atoms. The molecule has 0 heterocycles. The minimum Gasteiger partial charge on any atom is -0.379 e. The van der Waals surface area contributed by atoms with Gasteiger partial charge >= 0.3 is 0 Å². The SMILES string of the molecule is CCNC(c1cc(Cl)ccc1Cl)C(OC)C(C)C. The van der Waals surface area contributed by atoms with Crippen LogP contribution in [-0.4, -0.2) is 19.8 Å². The van der Waals surface area contributed by atoms with Gasteiger partial charge in [-0.15, -0.1) is 0 Å². The third-order valence-electron chi connectivity index (χ3n) is 2.97. The highest BCUT2D eigenvalue weighted by atomic mass is 35.5. The average Bonchev–Trinajstić information content (AvgIpc) is 2.32. The lowest BCUT2D eigenvalue weighted by Crippen LogP contribution is -2.36. The number of hydrogen-bond donors (Lipinski definition) is 1. The highest BCUT2D eigenvalue weighted by Gasteiger charge is 2.27. The van der Waals surface area contributed by atoms with E-state index in [2.05, 4.69) is 26.1 Å². The predicted octanol–water partition coefficient (Wildman–Crippen LogP) is 4.32. The Kier molecular flexibility index (Phi) is 6.44. The van der Waals surface area contributed by atoms with E-state index in [1.807, 2.05) is 12.1 Å².